The number of thiophene rings is 1. The SMILES string of the molecule is CC1(C)c2ccccc2-c2ccc(N(c3cccc(-c4cccc(-c5cccc6ccccc56)c4)c3)c3cccc4c3sc3ccccc34)cc21. The number of fused-ring (bicyclic) bond motifs is 7. The van der Waals surface area contributed by atoms with Crippen LogP contribution in [0, 0.1) is 0 Å². The van der Waals surface area contributed by atoms with Gasteiger partial charge < -0.3 is 4.90 Å². The molecular weight excluding hydrogens is 635 g/mol. The maximum absolute atomic E-state index is 2.48. The summed E-state index contributed by atoms with van der Waals surface area (Å²) in [6, 6.07) is 64.9. The first-order chi connectivity index (χ1) is 25.0. The van der Waals surface area contributed by atoms with Crippen LogP contribution in [-0.4, -0.2) is 0 Å². The van der Waals surface area contributed by atoms with Crippen LogP contribution in [0.25, 0.3) is 64.3 Å². The second kappa shape index (κ2) is 11.6. The van der Waals surface area contributed by atoms with Crippen molar-refractivity contribution >= 4 is 59.3 Å². The summed E-state index contributed by atoms with van der Waals surface area (Å²) in [5, 5.41) is 5.14. The zero-order chi connectivity index (χ0) is 34.1. The molecule has 1 nitrogen and oxygen atoms in total. The fourth-order valence-corrected chi connectivity index (χ4v) is 9.54. The Morgan fingerprint density at radius 2 is 1.06 bits per heavy atom. The lowest BCUT2D eigenvalue weighted by Gasteiger charge is -2.29. The van der Waals surface area contributed by atoms with E-state index in [0.29, 0.717) is 0 Å². The van der Waals surface area contributed by atoms with Crippen molar-refractivity contribution in [2.75, 3.05) is 4.90 Å². The molecule has 0 amide bonds. The monoisotopic (exact) mass is 669 g/mol. The van der Waals surface area contributed by atoms with Crippen molar-refractivity contribution in [2.24, 2.45) is 0 Å². The lowest BCUT2D eigenvalue weighted by Crippen LogP contribution is -2.16. The molecule has 1 aliphatic carbocycles. The molecular formula is C49H35NS. The number of anilines is 3. The Kier molecular flexibility index (Phi) is 6.78. The minimum Gasteiger partial charge on any atom is -0.309 e. The summed E-state index contributed by atoms with van der Waals surface area (Å²) in [6.45, 7) is 4.73. The van der Waals surface area contributed by atoms with Crippen molar-refractivity contribution in [1.29, 1.82) is 0 Å². The molecule has 2 heteroatoms. The van der Waals surface area contributed by atoms with Gasteiger partial charge in [0.05, 0.1) is 10.4 Å². The van der Waals surface area contributed by atoms with Crippen LogP contribution in [0.3, 0.4) is 0 Å². The van der Waals surface area contributed by atoms with Gasteiger partial charge in [0.1, 0.15) is 0 Å². The highest BCUT2D eigenvalue weighted by atomic mass is 32.1. The molecule has 1 aliphatic rings. The Balaban J connectivity index is 1.16. The van der Waals surface area contributed by atoms with Gasteiger partial charge in [-0.1, -0.05) is 147 Å². The number of hydrogen-bond donors (Lipinski definition) is 0. The summed E-state index contributed by atoms with van der Waals surface area (Å²) in [5.74, 6) is 0. The lowest BCUT2D eigenvalue weighted by molar-refractivity contribution is 0.660. The van der Waals surface area contributed by atoms with Crippen LogP contribution in [0.1, 0.15) is 25.0 Å². The maximum Gasteiger partial charge on any atom is 0.0640 e. The molecule has 0 fully saturated rings. The summed E-state index contributed by atoms with van der Waals surface area (Å²) in [7, 11) is 0. The van der Waals surface area contributed by atoms with E-state index >= 15 is 0 Å². The highest BCUT2D eigenvalue weighted by Gasteiger charge is 2.36. The zero-order valence-electron chi connectivity index (χ0n) is 28.6. The third-order valence-electron chi connectivity index (χ3n) is 10.9. The quantitative estimate of drug-likeness (QED) is 0.176. The second-order valence-electron chi connectivity index (χ2n) is 14.1. The standard InChI is InChI=1S/C49H35NS/c1-49(2)44-24-7-5-20-40(44)41-28-27-37(31-45(41)49)50(46-25-12-23-43-42-21-6-8-26-47(42)51-48(43)46)36-18-10-16-34(30-36)33-15-9-17-35(29-33)39-22-11-14-32-13-3-4-19-38(32)39/h3-31H,1-2H3. The average Bonchev–Trinajstić information content (AvgIpc) is 3.67. The normalized spacial score (nSPS) is 13.1. The average molecular weight is 670 g/mol. The van der Waals surface area contributed by atoms with Crippen molar-refractivity contribution in [3.8, 4) is 33.4 Å². The molecule has 0 spiro atoms. The van der Waals surface area contributed by atoms with Crippen molar-refractivity contribution in [3.63, 3.8) is 0 Å². The van der Waals surface area contributed by atoms with Gasteiger partial charge in [0.15, 0.2) is 0 Å². The van der Waals surface area contributed by atoms with Crippen LogP contribution in [-0.2, 0) is 5.41 Å². The van der Waals surface area contributed by atoms with Gasteiger partial charge in [0.2, 0.25) is 0 Å². The smallest absolute Gasteiger partial charge is 0.0640 e. The number of hydrogen-bond acceptors (Lipinski definition) is 2. The molecule has 0 aliphatic heterocycles. The second-order valence-corrected chi connectivity index (χ2v) is 15.2. The summed E-state index contributed by atoms with van der Waals surface area (Å²) in [6.07, 6.45) is 0. The molecule has 0 N–H and O–H groups in total. The number of benzene rings is 8. The Morgan fingerprint density at radius 3 is 1.98 bits per heavy atom. The van der Waals surface area contributed by atoms with Crippen molar-refractivity contribution in [3.05, 3.63) is 187 Å². The van der Waals surface area contributed by atoms with Crippen LogP contribution < -0.4 is 4.90 Å². The van der Waals surface area contributed by atoms with Gasteiger partial charge in [0, 0.05) is 32.3 Å². The van der Waals surface area contributed by atoms with Gasteiger partial charge >= 0.3 is 0 Å². The fourth-order valence-electron chi connectivity index (χ4n) is 8.33. The maximum atomic E-state index is 2.48. The minimum atomic E-state index is -0.0961. The molecule has 0 atom stereocenters. The van der Waals surface area contributed by atoms with Gasteiger partial charge in [-0.2, -0.15) is 0 Å². The molecule has 0 radical (unpaired) electrons. The van der Waals surface area contributed by atoms with Crippen LogP contribution in [0.15, 0.2) is 176 Å². The molecule has 242 valence electrons. The van der Waals surface area contributed by atoms with Gasteiger partial charge in [-0.15, -0.1) is 11.3 Å². The molecule has 51 heavy (non-hydrogen) atoms. The molecule has 8 aromatic carbocycles. The Bertz CT molecular complexity index is 2800. The van der Waals surface area contributed by atoms with E-state index in [1.807, 2.05) is 11.3 Å². The number of rotatable bonds is 5. The van der Waals surface area contributed by atoms with E-state index in [4.69, 9.17) is 0 Å². The van der Waals surface area contributed by atoms with Crippen LogP contribution in [0.4, 0.5) is 17.1 Å². The van der Waals surface area contributed by atoms with Crippen LogP contribution >= 0.6 is 11.3 Å². The van der Waals surface area contributed by atoms with E-state index in [1.165, 1.54) is 86.8 Å². The largest absolute Gasteiger partial charge is 0.309 e. The molecule has 0 saturated carbocycles. The van der Waals surface area contributed by atoms with E-state index in [2.05, 4.69) is 195 Å². The Labute approximate surface area is 302 Å². The van der Waals surface area contributed by atoms with Gasteiger partial charge in [-0.05, 0) is 97.7 Å². The van der Waals surface area contributed by atoms with Gasteiger partial charge in [-0.25, -0.2) is 0 Å². The molecule has 10 rings (SSSR count). The first kappa shape index (κ1) is 29.9. The van der Waals surface area contributed by atoms with Crippen molar-refractivity contribution < 1.29 is 0 Å². The van der Waals surface area contributed by atoms with Crippen molar-refractivity contribution in [2.45, 2.75) is 19.3 Å². The minimum absolute atomic E-state index is 0.0961. The highest BCUT2D eigenvalue weighted by Crippen LogP contribution is 2.52. The highest BCUT2D eigenvalue weighted by molar-refractivity contribution is 7.26. The van der Waals surface area contributed by atoms with E-state index in [0.717, 1.165) is 5.69 Å². The number of nitrogens with zero attached hydrogens (tertiary/aromatic N) is 1. The Hall–Kier alpha value is -5.96. The first-order valence-electron chi connectivity index (χ1n) is 17.7. The Morgan fingerprint density at radius 1 is 0.431 bits per heavy atom. The third-order valence-corrected chi connectivity index (χ3v) is 12.1. The van der Waals surface area contributed by atoms with E-state index in [1.54, 1.807) is 0 Å². The predicted octanol–water partition coefficient (Wildman–Crippen LogP) is 14.3. The molecule has 9 aromatic rings. The third kappa shape index (κ3) is 4.75. The van der Waals surface area contributed by atoms with E-state index in [9.17, 15) is 0 Å². The van der Waals surface area contributed by atoms with Crippen molar-refractivity contribution in [1.82, 2.24) is 0 Å². The van der Waals surface area contributed by atoms with Gasteiger partial charge in [0.25, 0.3) is 0 Å². The summed E-state index contributed by atoms with van der Waals surface area (Å²) in [5.41, 5.74) is 13.7. The summed E-state index contributed by atoms with van der Waals surface area (Å²) < 4.78 is 2.61. The van der Waals surface area contributed by atoms with E-state index < -0.39 is 0 Å². The summed E-state index contributed by atoms with van der Waals surface area (Å²) in [4.78, 5) is 2.48. The lowest BCUT2D eigenvalue weighted by atomic mass is 9.82. The first-order valence-corrected chi connectivity index (χ1v) is 18.5. The predicted molar refractivity (Wildman–Crippen MR) is 220 cm³/mol. The van der Waals surface area contributed by atoms with Gasteiger partial charge in [-0.3, -0.25) is 0 Å². The summed E-state index contributed by atoms with van der Waals surface area (Å²) >= 11 is 1.88. The topological polar surface area (TPSA) is 3.24 Å². The van der Waals surface area contributed by atoms with E-state index in [-0.39, 0.29) is 5.41 Å². The molecule has 1 heterocycles. The zero-order valence-corrected chi connectivity index (χ0v) is 29.4. The molecule has 1 aromatic heterocycles. The fraction of sp³-hybridized carbons (Fsp3) is 0.0612. The van der Waals surface area contributed by atoms with Crippen LogP contribution in [0.5, 0.6) is 0 Å². The molecule has 0 unspecified atom stereocenters. The molecule has 0 saturated heterocycles. The molecule has 0 bridgehead atoms. The van der Waals surface area contributed by atoms with Crippen LogP contribution in [0.2, 0.25) is 0 Å².